The average Bonchev–Trinajstić information content (AvgIpc) is 2.85. The minimum Gasteiger partial charge on any atom is -0.465 e. The zero-order chi connectivity index (χ0) is 10.2. The van der Waals surface area contributed by atoms with Gasteiger partial charge in [0.1, 0.15) is 5.41 Å². The molecule has 0 bridgehead atoms. The number of hydrogen-bond donors (Lipinski definition) is 0. The quantitative estimate of drug-likeness (QED) is 0.792. The minimum atomic E-state index is -0.299. The van der Waals surface area contributed by atoms with Crippen LogP contribution in [0.25, 0.3) is 0 Å². The Morgan fingerprint density at radius 1 is 1.64 bits per heavy atom. The van der Waals surface area contributed by atoms with Gasteiger partial charge in [-0.25, -0.2) is 0 Å². The standard InChI is InChI=1S/C10H11BrO2S/c1-2-13-9(12)10(5-6-10)7-3-4-8(11)14-7/h3-4H,2,5-6H2,1H3. The fourth-order valence-electron chi connectivity index (χ4n) is 1.52. The Morgan fingerprint density at radius 2 is 2.36 bits per heavy atom. The second-order valence-corrected chi connectivity index (χ2v) is 5.87. The van der Waals surface area contributed by atoms with Gasteiger partial charge >= 0.3 is 5.97 Å². The van der Waals surface area contributed by atoms with Crippen molar-refractivity contribution < 1.29 is 9.53 Å². The van der Waals surface area contributed by atoms with E-state index in [1.165, 1.54) is 0 Å². The summed E-state index contributed by atoms with van der Waals surface area (Å²) in [6.07, 6.45) is 1.86. The highest BCUT2D eigenvalue weighted by Gasteiger charge is 2.53. The van der Waals surface area contributed by atoms with E-state index in [0.29, 0.717) is 6.61 Å². The van der Waals surface area contributed by atoms with Crippen LogP contribution < -0.4 is 0 Å². The van der Waals surface area contributed by atoms with Crippen LogP contribution in [-0.4, -0.2) is 12.6 Å². The van der Waals surface area contributed by atoms with Crippen LogP contribution in [0.5, 0.6) is 0 Å². The Hall–Kier alpha value is -0.350. The normalized spacial score (nSPS) is 17.9. The monoisotopic (exact) mass is 274 g/mol. The van der Waals surface area contributed by atoms with Crippen LogP contribution in [0.4, 0.5) is 0 Å². The maximum Gasteiger partial charge on any atom is 0.317 e. The Bertz CT molecular complexity index is 355. The fourth-order valence-corrected chi connectivity index (χ4v) is 3.14. The summed E-state index contributed by atoms with van der Waals surface area (Å²) in [5.41, 5.74) is -0.299. The highest BCUT2D eigenvalue weighted by molar-refractivity contribution is 9.11. The predicted octanol–water partition coefficient (Wildman–Crippen LogP) is 3.11. The summed E-state index contributed by atoms with van der Waals surface area (Å²) in [4.78, 5) is 12.8. The van der Waals surface area contributed by atoms with Crippen molar-refractivity contribution in [3.63, 3.8) is 0 Å². The number of ether oxygens (including phenoxy) is 1. The molecule has 14 heavy (non-hydrogen) atoms. The van der Waals surface area contributed by atoms with Gasteiger partial charge in [0, 0.05) is 4.88 Å². The van der Waals surface area contributed by atoms with Gasteiger partial charge in [-0.2, -0.15) is 0 Å². The number of thiophene rings is 1. The number of rotatable bonds is 3. The highest BCUT2D eigenvalue weighted by Crippen LogP contribution is 2.52. The van der Waals surface area contributed by atoms with Crippen LogP contribution in [-0.2, 0) is 14.9 Å². The van der Waals surface area contributed by atoms with Gasteiger partial charge in [0.15, 0.2) is 0 Å². The zero-order valence-electron chi connectivity index (χ0n) is 7.88. The van der Waals surface area contributed by atoms with Gasteiger partial charge in [0.05, 0.1) is 10.4 Å². The van der Waals surface area contributed by atoms with E-state index in [9.17, 15) is 4.79 Å². The Kier molecular flexibility index (Phi) is 2.66. The molecule has 0 spiro atoms. The van der Waals surface area contributed by atoms with E-state index in [1.54, 1.807) is 11.3 Å². The van der Waals surface area contributed by atoms with Gasteiger partial charge in [-0.15, -0.1) is 11.3 Å². The number of carbonyl (C=O) groups excluding carboxylic acids is 1. The van der Waals surface area contributed by atoms with E-state index in [-0.39, 0.29) is 11.4 Å². The first kappa shape index (κ1) is 10.2. The van der Waals surface area contributed by atoms with Gasteiger partial charge in [-0.05, 0) is 47.8 Å². The lowest BCUT2D eigenvalue weighted by molar-refractivity contribution is -0.146. The molecular formula is C10H11BrO2S. The molecule has 0 aromatic carbocycles. The van der Waals surface area contributed by atoms with E-state index in [0.717, 1.165) is 21.5 Å². The highest BCUT2D eigenvalue weighted by atomic mass is 79.9. The second-order valence-electron chi connectivity index (χ2n) is 3.41. The molecule has 76 valence electrons. The number of halogens is 1. The van der Waals surface area contributed by atoms with E-state index < -0.39 is 0 Å². The number of hydrogen-bond acceptors (Lipinski definition) is 3. The summed E-state index contributed by atoms with van der Waals surface area (Å²) >= 11 is 5.03. The van der Waals surface area contributed by atoms with Crippen LogP contribution in [0.15, 0.2) is 15.9 Å². The van der Waals surface area contributed by atoms with Crippen LogP contribution in [0.2, 0.25) is 0 Å². The third kappa shape index (κ3) is 1.61. The van der Waals surface area contributed by atoms with Gasteiger partial charge < -0.3 is 4.74 Å². The lowest BCUT2D eigenvalue weighted by Crippen LogP contribution is -2.21. The van der Waals surface area contributed by atoms with Gasteiger partial charge in [0.25, 0.3) is 0 Å². The Morgan fingerprint density at radius 3 is 2.79 bits per heavy atom. The molecule has 4 heteroatoms. The molecule has 2 nitrogen and oxygen atoms in total. The number of carbonyl (C=O) groups is 1. The van der Waals surface area contributed by atoms with E-state index >= 15 is 0 Å². The van der Waals surface area contributed by atoms with Crippen LogP contribution in [0.3, 0.4) is 0 Å². The van der Waals surface area contributed by atoms with E-state index in [2.05, 4.69) is 15.9 Å². The molecule has 1 heterocycles. The maximum absolute atomic E-state index is 11.7. The van der Waals surface area contributed by atoms with Crippen molar-refractivity contribution in [1.29, 1.82) is 0 Å². The lowest BCUT2D eigenvalue weighted by Gasteiger charge is -2.10. The molecule has 1 fully saturated rings. The first-order chi connectivity index (χ1) is 6.69. The molecule has 1 aliphatic carbocycles. The topological polar surface area (TPSA) is 26.3 Å². The largest absolute Gasteiger partial charge is 0.465 e. The maximum atomic E-state index is 11.7. The zero-order valence-corrected chi connectivity index (χ0v) is 10.3. The lowest BCUT2D eigenvalue weighted by atomic mass is 10.1. The molecule has 1 aromatic rings. The molecule has 1 aliphatic rings. The molecule has 1 aromatic heterocycles. The predicted molar refractivity (Wildman–Crippen MR) is 59.6 cm³/mol. The molecule has 0 amide bonds. The fraction of sp³-hybridized carbons (Fsp3) is 0.500. The van der Waals surface area contributed by atoms with Crippen LogP contribution in [0.1, 0.15) is 24.6 Å². The van der Waals surface area contributed by atoms with Crippen molar-refractivity contribution in [2.24, 2.45) is 0 Å². The van der Waals surface area contributed by atoms with Crippen molar-refractivity contribution in [2.75, 3.05) is 6.61 Å². The summed E-state index contributed by atoms with van der Waals surface area (Å²) < 4.78 is 6.16. The molecule has 0 unspecified atom stereocenters. The van der Waals surface area contributed by atoms with E-state index in [4.69, 9.17) is 4.74 Å². The van der Waals surface area contributed by atoms with Gasteiger partial charge in [-0.1, -0.05) is 0 Å². The molecule has 0 saturated heterocycles. The van der Waals surface area contributed by atoms with Crippen LogP contribution >= 0.6 is 27.3 Å². The van der Waals surface area contributed by atoms with Gasteiger partial charge in [-0.3, -0.25) is 4.79 Å². The molecule has 0 N–H and O–H groups in total. The Balaban J connectivity index is 2.21. The molecular weight excluding hydrogens is 264 g/mol. The molecule has 2 rings (SSSR count). The van der Waals surface area contributed by atoms with E-state index in [1.807, 2.05) is 19.1 Å². The third-order valence-electron chi connectivity index (χ3n) is 2.46. The van der Waals surface area contributed by atoms with Crippen molar-refractivity contribution in [2.45, 2.75) is 25.2 Å². The van der Waals surface area contributed by atoms with Crippen molar-refractivity contribution in [3.8, 4) is 0 Å². The third-order valence-corrected chi connectivity index (χ3v) is 4.29. The first-order valence-electron chi connectivity index (χ1n) is 4.62. The summed E-state index contributed by atoms with van der Waals surface area (Å²) in [5.74, 6) is -0.0608. The van der Waals surface area contributed by atoms with Crippen molar-refractivity contribution in [3.05, 3.63) is 20.8 Å². The smallest absolute Gasteiger partial charge is 0.317 e. The minimum absolute atomic E-state index is 0.0608. The average molecular weight is 275 g/mol. The SMILES string of the molecule is CCOC(=O)C1(c2ccc(Br)s2)CC1. The van der Waals surface area contributed by atoms with Crippen molar-refractivity contribution in [1.82, 2.24) is 0 Å². The molecule has 1 saturated carbocycles. The summed E-state index contributed by atoms with van der Waals surface area (Å²) in [5, 5.41) is 0. The summed E-state index contributed by atoms with van der Waals surface area (Å²) in [7, 11) is 0. The Labute approximate surface area is 95.4 Å². The molecule has 0 radical (unpaired) electrons. The number of esters is 1. The molecule has 0 atom stereocenters. The van der Waals surface area contributed by atoms with Gasteiger partial charge in [0.2, 0.25) is 0 Å². The second kappa shape index (κ2) is 3.66. The van der Waals surface area contributed by atoms with Crippen LogP contribution in [0, 0.1) is 0 Å². The van der Waals surface area contributed by atoms with Crippen molar-refractivity contribution >= 4 is 33.2 Å². The molecule has 0 aliphatic heterocycles. The first-order valence-corrected chi connectivity index (χ1v) is 6.23. The summed E-state index contributed by atoms with van der Waals surface area (Å²) in [6, 6.07) is 4.00. The summed E-state index contributed by atoms with van der Waals surface area (Å²) in [6.45, 7) is 2.31.